The van der Waals surface area contributed by atoms with E-state index in [2.05, 4.69) is 24.0 Å². The van der Waals surface area contributed by atoms with Crippen LogP contribution in [0.4, 0.5) is 8.78 Å². The number of halogens is 2. The second kappa shape index (κ2) is 8.11. The van der Waals surface area contributed by atoms with Crippen molar-refractivity contribution in [2.24, 2.45) is 10.8 Å². The van der Waals surface area contributed by atoms with E-state index >= 15 is 0 Å². The first-order valence-electron chi connectivity index (χ1n) is 12.7. The average Bonchev–Trinajstić information content (AvgIpc) is 3.22. The smallest absolute Gasteiger partial charge is 0.196 e. The van der Waals surface area contributed by atoms with E-state index < -0.39 is 32.3 Å². The maximum atomic E-state index is 14.5. The fraction of sp³-hybridized carbons (Fsp3) is 0.464. The van der Waals surface area contributed by atoms with E-state index in [0.29, 0.717) is 24.2 Å². The molecule has 6 nitrogen and oxygen atoms in total. The van der Waals surface area contributed by atoms with Crippen LogP contribution >= 0.6 is 0 Å². The number of hydrogen-bond acceptors (Lipinski definition) is 6. The summed E-state index contributed by atoms with van der Waals surface area (Å²) in [7, 11) is -3.72. The van der Waals surface area contributed by atoms with Crippen molar-refractivity contribution in [2.75, 3.05) is 12.4 Å². The highest BCUT2D eigenvalue weighted by atomic mass is 32.2. The summed E-state index contributed by atoms with van der Waals surface area (Å²) < 4.78 is 55.8. The highest BCUT2D eigenvalue weighted by Gasteiger charge is 2.65. The van der Waals surface area contributed by atoms with Crippen LogP contribution in [-0.2, 0) is 15.3 Å². The number of nitrogens with zero attached hydrogens (tertiary/aromatic N) is 3. The van der Waals surface area contributed by atoms with Crippen LogP contribution in [0.2, 0.25) is 0 Å². The SMILES string of the molecule is CC1(C)[C@H]2CC[C@]1(c1cccc(S(=O)(=O)CC3(CO)CCC3)n1)c1nnc(-c3c(F)cccc3F)cc12. The maximum Gasteiger partial charge on any atom is 0.196 e. The van der Waals surface area contributed by atoms with Crippen molar-refractivity contribution in [2.45, 2.75) is 62.3 Å². The number of rotatable bonds is 6. The normalized spacial score (nSPS) is 25.1. The first-order chi connectivity index (χ1) is 17.5. The van der Waals surface area contributed by atoms with Crippen LogP contribution in [0.25, 0.3) is 11.3 Å². The van der Waals surface area contributed by atoms with Gasteiger partial charge in [-0.05, 0) is 72.9 Å². The Labute approximate surface area is 215 Å². The van der Waals surface area contributed by atoms with E-state index in [9.17, 15) is 22.3 Å². The van der Waals surface area contributed by atoms with Crippen LogP contribution in [0, 0.1) is 22.5 Å². The Balaban J connectivity index is 1.45. The second-order valence-corrected chi connectivity index (χ2v) is 13.4. The minimum Gasteiger partial charge on any atom is -0.396 e. The first kappa shape index (κ1) is 24.6. The van der Waals surface area contributed by atoms with Crippen molar-refractivity contribution < 1.29 is 22.3 Å². The molecule has 0 amide bonds. The minimum absolute atomic E-state index is 0.00445. The molecule has 2 heterocycles. The van der Waals surface area contributed by atoms with Gasteiger partial charge in [0.15, 0.2) is 14.9 Å². The van der Waals surface area contributed by atoms with Crippen molar-refractivity contribution in [3.63, 3.8) is 0 Å². The number of benzene rings is 1. The molecule has 3 aliphatic rings. The number of aliphatic hydroxyl groups excluding tert-OH is 1. The molecule has 37 heavy (non-hydrogen) atoms. The molecule has 2 aromatic heterocycles. The number of sulfone groups is 1. The summed E-state index contributed by atoms with van der Waals surface area (Å²) in [5.74, 6) is -1.46. The number of aliphatic hydroxyl groups is 1. The molecular formula is C28H29F2N3O3S. The van der Waals surface area contributed by atoms with Crippen molar-refractivity contribution in [1.82, 2.24) is 15.2 Å². The molecule has 0 saturated heterocycles. The molecular weight excluding hydrogens is 496 g/mol. The van der Waals surface area contributed by atoms with Gasteiger partial charge >= 0.3 is 0 Å². The summed E-state index contributed by atoms with van der Waals surface area (Å²) in [5.41, 5.74) is 0.505. The Kier molecular flexibility index (Phi) is 5.38. The van der Waals surface area contributed by atoms with Crippen molar-refractivity contribution in [3.8, 4) is 11.3 Å². The largest absolute Gasteiger partial charge is 0.396 e. The third-order valence-corrected chi connectivity index (χ3v) is 11.2. The summed E-state index contributed by atoms with van der Waals surface area (Å²) in [6.45, 7) is 4.08. The van der Waals surface area contributed by atoms with Crippen LogP contribution in [0.3, 0.4) is 0 Å². The van der Waals surface area contributed by atoms with Gasteiger partial charge in [-0.25, -0.2) is 22.2 Å². The molecule has 9 heteroatoms. The van der Waals surface area contributed by atoms with E-state index in [4.69, 9.17) is 4.98 Å². The van der Waals surface area contributed by atoms with Crippen LogP contribution in [0.15, 0.2) is 47.5 Å². The van der Waals surface area contributed by atoms with Gasteiger partial charge in [-0.2, -0.15) is 5.10 Å². The van der Waals surface area contributed by atoms with Crippen LogP contribution in [0.5, 0.6) is 0 Å². The van der Waals surface area contributed by atoms with Gasteiger partial charge in [0, 0.05) is 12.0 Å². The Morgan fingerprint density at radius 1 is 1.03 bits per heavy atom. The molecule has 0 spiro atoms. The van der Waals surface area contributed by atoms with Crippen LogP contribution < -0.4 is 0 Å². The van der Waals surface area contributed by atoms with Gasteiger partial charge in [-0.1, -0.05) is 32.4 Å². The summed E-state index contributed by atoms with van der Waals surface area (Å²) in [5, 5.41) is 18.6. The van der Waals surface area contributed by atoms with E-state index in [1.807, 2.05) is 6.07 Å². The molecule has 2 saturated carbocycles. The quantitative estimate of drug-likeness (QED) is 0.489. The molecule has 1 aromatic carbocycles. The summed E-state index contributed by atoms with van der Waals surface area (Å²) in [6, 6.07) is 10.5. The van der Waals surface area contributed by atoms with Crippen LogP contribution in [-0.4, -0.2) is 41.1 Å². The maximum absolute atomic E-state index is 14.5. The zero-order valence-corrected chi connectivity index (χ0v) is 21.7. The van der Waals surface area contributed by atoms with Gasteiger partial charge in [0.25, 0.3) is 0 Å². The molecule has 1 N–H and O–H groups in total. The van der Waals surface area contributed by atoms with Crippen molar-refractivity contribution in [3.05, 3.63) is 71.1 Å². The van der Waals surface area contributed by atoms with Gasteiger partial charge < -0.3 is 5.11 Å². The topological polar surface area (TPSA) is 93.0 Å². The molecule has 0 unspecified atom stereocenters. The second-order valence-electron chi connectivity index (χ2n) is 11.5. The van der Waals surface area contributed by atoms with Gasteiger partial charge in [-0.15, -0.1) is 5.10 Å². The number of fused-ring (bicyclic) bond motifs is 5. The van der Waals surface area contributed by atoms with Crippen LogP contribution in [0.1, 0.15) is 68.8 Å². The molecule has 0 aliphatic heterocycles. The zero-order chi connectivity index (χ0) is 26.2. The van der Waals surface area contributed by atoms with Gasteiger partial charge in [0.05, 0.1) is 33.8 Å². The lowest BCUT2D eigenvalue weighted by atomic mass is 9.66. The monoisotopic (exact) mass is 525 g/mol. The average molecular weight is 526 g/mol. The summed E-state index contributed by atoms with van der Waals surface area (Å²) >= 11 is 0. The predicted octanol–water partition coefficient (Wildman–Crippen LogP) is 4.96. The fourth-order valence-electron chi connectivity index (χ4n) is 7.08. The highest BCUT2D eigenvalue weighted by molar-refractivity contribution is 7.91. The van der Waals surface area contributed by atoms with E-state index in [1.165, 1.54) is 24.3 Å². The predicted molar refractivity (Wildman–Crippen MR) is 134 cm³/mol. The minimum atomic E-state index is -3.72. The lowest BCUT2D eigenvalue weighted by Crippen LogP contribution is -2.41. The van der Waals surface area contributed by atoms with Crippen molar-refractivity contribution in [1.29, 1.82) is 0 Å². The summed E-state index contributed by atoms with van der Waals surface area (Å²) in [4.78, 5) is 4.72. The number of hydrogen-bond donors (Lipinski definition) is 1. The third kappa shape index (κ3) is 3.36. The van der Waals surface area contributed by atoms with Gasteiger partial charge in [0.2, 0.25) is 0 Å². The van der Waals surface area contributed by atoms with E-state index in [1.54, 1.807) is 12.1 Å². The summed E-state index contributed by atoms with van der Waals surface area (Å²) in [6.07, 6.45) is 3.83. The molecule has 2 atom stereocenters. The molecule has 6 rings (SSSR count). The lowest BCUT2D eigenvalue weighted by molar-refractivity contribution is 0.0667. The highest BCUT2D eigenvalue weighted by Crippen LogP contribution is 2.69. The molecule has 194 valence electrons. The van der Waals surface area contributed by atoms with Gasteiger partial charge in [-0.3, -0.25) is 0 Å². The first-order valence-corrected chi connectivity index (χ1v) is 14.3. The zero-order valence-electron chi connectivity index (χ0n) is 20.8. The molecule has 3 aromatic rings. The van der Waals surface area contributed by atoms with Gasteiger partial charge in [0.1, 0.15) is 11.6 Å². The Morgan fingerprint density at radius 3 is 2.38 bits per heavy atom. The van der Waals surface area contributed by atoms with E-state index in [-0.39, 0.29) is 40.0 Å². The number of pyridine rings is 1. The molecule has 0 radical (unpaired) electrons. The number of aromatic nitrogens is 3. The Hall–Kier alpha value is -2.78. The molecule has 2 fully saturated rings. The standard InChI is InChI=1S/C28H29F2N3O3S/c1-26(2)18-10-13-28(26,25-17(18)14-21(32-33-25)24-19(29)6-3-7-20(24)30)22-8-4-9-23(31-22)37(35,36)16-27(15-34)11-5-12-27/h3-4,6-9,14,18,34H,5,10-13,15-16H2,1-2H3/t18-,28-/m0/s1. The fourth-order valence-corrected chi connectivity index (χ4v) is 8.94. The molecule has 2 bridgehead atoms. The Morgan fingerprint density at radius 2 is 1.73 bits per heavy atom. The van der Waals surface area contributed by atoms with Crippen molar-refractivity contribution >= 4 is 9.84 Å². The lowest BCUT2D eigenvalue weighted by Gasteiger charge is -2.40. The molecule has 3 aliphatic carbocycles. The van der Waals surface area contributed by atoms with E-state index in [0.717, 1.165) is 24.8 Å². The Bertz CT molecular complexity index is 1500. The third-order valence-electron chi connectivity index (χ3n) is 9.33.